The average Bonchev–Trinajstić information content (AvgIpc) is 3.18. The van der Waals surface area contributed by atoms with Gasteiger partial charge in [-0.25, -0.2) is 0 Å². The Morgan fingerprint density at radius 3 is 2.62 bits per heavy atom. The van der Waals surface area contributed by atoms with Crippen LogP contribution in [0.1, 0.15) is 25.2 Å². The van der Waals surface area contributed by atoms with Crippen molar-refractivity contribution >= 4 is 56.8 Å². The first-order valence-corrected chi connectivity index (χ1v) is 12.7. The van der Waals surface area contributed by atoms with Crippen molar-refractivity contribution in [1.29, 1.82) is 0 Å². The molecule has 8 nitrogen and oxygen atoms in total. The first-order chi connectivity index (χ1) is 16.3. The number of carbonyl (C=O) groups excluding carboxylic acids is 2. The molecule has 1 atom stereocenters. The summed E-state index contributed by atoms with van der Waals surface area (Å²) in [5.74, 6) is 0.916. The molecule has 0 radical (unpaired) electrons. The van der Waals surface area contributed by atoms with Crippen LogP contribution in [0.3, 0.4) is 0 Å². The zero-order valence-electron chi connectivity index (χ0n) is 19.0. The van der Waals surface area contributed by atoms with Crippen molar-refractivity contribution < 1.29 is 14.3 Å². The zero-order valence-corrected chi connectivity index (χ0v) is 22.1. The highest BCUT2D eigenvalue weighted by Gasteiger charge is 2.17. The van der Waals surface area contributed by atoms with Gasteiger partial charge in [-0.2, -0.15) is 0 Å². The summed E-state index contributed by atoms with van der Waals surface area (Å²) in [6.45, 7) is 3.97. The van der Waals surface area contributed by atoms with Crippen molar-refractivity contribution in [2.45, 2.75) is 38.1 Å². The first kappa shape index (κ1) is 26.1. The largest absolute Gasteiger partial charge is 0.481 e. The van der Waals surface area contributed by atoms with Gasteiger partial charge in [0.1, 0.15) is 5.75 Å². The lowest BCUT2D eigenvalue weighted by Crippen LogP contribution is -2.36. The zero-order chi connectivity index (χ0) is 24.7. The van der Waals surface area contributed by atoms with E-state index in [1.54, 1.807) is 36.7 Å². The number of nitrogens with one attached hydrogen (secondary N) is 2. The molecular formula is C23H25BrClN5O3S. The normalized spacial score (nSPS) is 11.7. The molecule has 180 valence electrons. The number of nitrogens with zero attached hydrogens (tertiary/aromatic N) is 3. The van der Waals surface area contributed by atoms with E-state index < -0.39 is 6.10 Å². The van der Waals surface area contributed by atoms with E-state index in [2.05, 4.69) is 43.7 Å². The van der Waals surface area contributed by atoms with Crippen molar-refractivity contribution in [3.63, 3.8) is 0 Å². The summed E-state index contributed by atoms with van der Waals surface area (Å²) in [7, 11) is 1.78. The topological polar surface area (TPSA) is 98.1 Å². The summed E-state index contributed by atoms with van der Waals surface area (Å²) in [6, 6.07) is 12.8. The molecule has 1 aromatic heterocycles. The molecule has 1 heterocycles. The van der Waals surface area contributed by atoms with E-state index in [9.17, 15) is 9.59 Å². The number of amides is 2. The highest BCUT2D eigenvalue weighted by atomic mass is 79.9. The second-order valence-electron chi connectivity index (χ2n) is 7.40. The van der Waals surface area contributed by atoms with Crippen molar-refractivity contribution in [2.75, 3.05) is 11.1 Å². The average molecular weight is 567 g/mol. The van der Waals surface area contributed by atoms with E-state index in [1.165, 1.54) is 17.3 Å². The summed E-state index contributed by atoms with van der Waals surface area (Å²) >= 11 is 10.6. The third kappa shape index (κ3) is 7.22. The van der Waals surface area contributed by atoms with Crippen molar-refractivity contribution in [3.8, 4) is 5.75 Å². The van der Waals surface area contributed by atoms with E-state index in [4.69, 9.17) is 16.3 Å². The lowest BCUT2D eigenvalue weighted by molar-refractivity contribution is -0.127. The van der Waals surface area contributed by atoms with Gasteiger partial charge in [-0.3, -0.25) is 9.59 Å². The Kier molecular flexibility index (Phi) is 9.37. The summed E-state index contributed by atoms with van der Waals surface area (Å²) < 4.78 is 8.16. The molecule has 2 N–H and O–H groups in total. The van der Waals surface area contributed by atoms with Crippen LogP contribution in [-0.4, -0.2) is 38.4 Å². The Morgan fingerprint density at radius 1 is 1.21 bits per heavy atom. The second-order valence-corrected chi connectivity index (χ2v) is 9.60. The van der Waals surface area contributed by atoms with Gasteiger partial charge in [-0.15, -0.1) is 10.2 Å². The lowest BCUT2D eigenvalue weighted by Gasteiger charge is -2.15. The molecule has 3 rings (SSSR count). The number of aromatic nitrogens is 3. The predicted molar refractivity (Wildman–Crippen MR) is 137 cm³/mol. The van der Waals surface area contributed by atoms with E-state index in [0.717, 1.165) is 6.42 Å². The van der Waals surface area contributed by atoms with Crippen LogP contribution in [-0.2, 0) is 29.6 Å². The summed E-state index contributed by atoms with van der Waals surface area (Å²) in [4.78, 5) is 24.7. The summed E-state index contributed by atoms with van der Waals surface area (Å²) in [5, 5.41) is 15.0. The molecule has 11 heteroatoms. The molecule has 2 aromatic carbocycles. The Balaban J connectivity index is 1.47. The Morgan fingerprint density at radius 2 is 1.94 bits per heavy atom. The van der Waals surface area contributed by atoms with Crippen LogP contribution in [0.25, 0.3) is 0 Å². The molecule has 0 saturated heterocycles. The number of benzene rings is 2. The van der Waals surface area contributed by atoms with Crippen LogP contribution in [0.15, 0.2) is 52.1 Å². The van der Waals surface area contributed by atoms with Gasteiger partial charge in [-0.1, -0.05) is 42.4 Å². The van der Waals surface area contributed by atoms with Crippen LogP contribution >= 0.6 is 39.3 Å². The van der Waals surface area contributed by atoms with Gasteiger partial charge in [0.25, 0.3) is 5.91 Å². The fraction of sp³-hybridized carbons (Fsp3) is 0.304. The maximum Gasteiger partial charge on any atom is 0.261 e. The first-order valence-electron chi connectivity index (χ1n) is 10.6. The fourth-order valence-corrected chi connectivity index (χ4v) is 4.12. The molecule has 0 aliphatic carbocycles. The molecule has 0 saturated carbocycles. The Labute approximate surface area is 215 Å². The van der Waals surface area contributed by atoms with Gasteiger partial charge in [0.05, 0.1) is 17.3 Å². The van der Waals surface area contributed by atoms with E-state index in [-0.39, 0.29) is 24.1 Å². The molecule has 0 aliphatic heterocycles. The monoisotopic (exact) mass is 565 g/mol. The minimum Gasteiger partial charge on any atom is -0.481 e. The van der Waals surface area contributed by atoms with Gasteiger partial charge in [-0.05, 0) is 65.2 Å². The van der Waals surface area contributed by atoms with E-state index in [0.29, 0.717) is 31.9 Å². The van der Waals surface area contributed by atoms with Crippen molar-refractivity contribution in [2.24, 2.45) is 7.05 Å². The molecule has 0 unspecified atom stereocenters. The molecule has 0 spiro atoms. The number of anilines is 1. The number of halogens is 2. The highest BCUT2D eigenvalue weighted by molar-refractivity contribution is 9.10. The van der Waals surface area contributed by atoms with E-state index in [1.807, 2.05) is 24.3 Å². The van der Waals surface area contributed by atoms with Crippen LogP contribution < -0.4 is 15.4 Å². The quantitative estimate of drug-likeness (QED) is 0.348. The van der Waals surface area contributed by atoms with Crippen LogP contribution in [0.4, 0.5) is 5.69 Å². The van der Waals surface area contributed by atoms with Gasteiger partial charge in [0.2, 0.25) is 5.91 Å². The Hall–Kier alpha value is -2.56. The summed E-state index contributed by atoms with van der Waals surface area (Å²) in [6.07, 6.45) is 0.283. The maximum atomic E-state index is 12.4. The van der Waals surface area contributed by atoms with Crippen LogP contribution in [0.5, 0.6) is 5.75 Å². The third-order valence-corrected chi connectivity index (χ3v) is 7.13. The summed E-state index contributed by atoms with van der Waals surface area (Å²) in [5.41, 5.74) is 1.84. The number of hydrogen-bond acceptors (Lipinski definition) is 6. The lowest BCUT2D eigenvalue weighted by atomic mass is 10.2. The number of hydrogen-bond donors (Lipinski definition) is 2. The number of thioether (sulfide) groups is 1. The Bertz CT molecular complexity index is 1160. The smallest absolute Gasteiger partial charge is 0.261 e. The van der Waals surface area contributed by atoms with Gasteiger partial charge >= 0.3 is 0 Å². The molecule has 2 amide bonds. The van der Waals surface area contributed by atoms with Crippen LogP contribution in [0.2, 0.25) is 5.02 Å². The van der Waals surface area contributed by atoms with Crippen molar-refractivity contribution in [1.82, 2.24) is 20.1 Å². The molecule has 34 heavy (non-hydrogen) atoms. The second kappa shape index (κ2) is 12.2. The predicted octanol–water partition coefficient (Wildman–Crippen LogP) is 4.61. The number of carbonyl (C=O) groups is 2. The molecule has 0 bridgehead atoms. The highest BCUT2D eigenvalue weighted by Crippen LogP contribution is 2.26. The van der Waals surface area contributed by atoms with Gasteiger partial charge in [0.15, 0.2) is 17.1 Å². The minimum absolute atomic E-state index is 0.153. The molecule has 0 aliphatic rings. The number of aryl methyl sites for hydroxylation is 1. The third-order valence-electron chi connectivity index (χ3n) is 4.90. The van der Waals surface area contributed by atoms with Gasteiger partial charge < -0.3 is 19.9 Å². The maximum absolute atomic E-state index is 12.4. The fourth-order valence-electron chi connectivity index (χ4n) is 2.90. The van der Waals surface area contributed by atoms with Crippen molar-refractivity contribution in [3.05, 3.63) is 63.3 Å². The van der Waals surface area contributed by atoms with E-state index >= 15 is 0 Å². The molecular weight excluding hydrogens is 542 g/mol. The molecule has 3 aromatic rings. The number of rotatable bonds is 10. The van der Waals surface area contributed by atoms with Gasteiger partial charge in [0, 0.05) is 17.2 Å². The molecule has 0 fully saturated rings. The minimum atomic E-state index is -0.661. The standard InChI is InChI=1S/C23H25BrClN5O3S/c1-4-15-5-8-17(9-6-15)33-14(2)22(32)26-12-20-28-29-23(30(20)3)34-13-21(31)27-16-7-10-19(25)18(24)11-16/h5-11,14H,4,12-13H2,1-3H3,(H,26,32)(H,27,31)/t14-/m0/s1. The number of ether oxygens (including phenoxy) is 1. The van der Waals surface area contributed by atoms with Crippen LogP contribution in [0, 0.1) is 0 Å². The SMILES string of the molecule is CCc1ccc(O[C@@H](C)C(=O)NCc2nnc(SCC(=O)Nc3ccc(Cl)c(Br)c3)n2C)cc1.